The summed E-state index contributed by atoms with van der Waals surface area (Å²) in [6, 6.07) is 5.37. The number of tetrazole rings is 1. The fraction of sp³-hybridized carbons (Fsp3) is 0.231. The highest BCUT2D eigenvalue weighted by atomic mass is 16.7. The molecule has 0 saturated carbocycles. The smallest absolute Gasteiger partial charge is 0.231 e. The van der Waals surface area contributed by atoms with Gasteiger partial charge in [-0.15, -0.1) is 10.2 Å². The molecule has 2 heterocycles. The molecular formula is C13H12N6O3. The highest BCUT2D eigenvalue weighted by Gasteiger charge is 2.19. The summed E-state index contributed by atoms with van der Waals surface area (Å²) in [4.78, 5) is 0. The van der Waals surface area contributed by atoms with E-state index >= 15 is 0 Å². The maximum Gasteiger partial charge on any atom is 0.231 e. The van der Waals surface area contributed by atoms with Crippen LogP contribution in [0.5, 0.6) is 11.5 Å². The number of H-pyrrole nitrogens is 1. The Morgan fingerprint density at radius 2 is 2.27 bits per heavy atom. The molecule has 0 saturated heterocycles. The van der Waals surface area contributed by atoms with Gasteiger partial charge in [-0.05, 0) is 18.2 Å². The molecule has 9 nitrogen and oxygen atoms in total. The number of aliphatic hydroxyl groups excluding tert-OH is 1. The summed E-state index contributed by atoms with van der Waals surface area (Å²) in [5.74, 6) is 1.32. The highest BCUT2D eigenvalue weighted by Crippen LogP contribution is 2.39. The van der Waals surface area contributed by atoms with Crippen LogP contribution in [0.4, 0.5) is 5.69 Å². The number of ether oxygens (including phenoxy) is 2. The van der Waals surface area contributed by atoms with Crippen molar-refractivity contribution in [1.82, 2.24) is 20.6 Å². The minimum atomic E-state index is -0.721. The lowest BCUT2D eigenvalue weighted by Crippen LogP contribution is -2.00. The molecule has 1 aliphatic rings. The number of hydrogen-bond donors (Lipinski definition) is 3. The maximum atomic E-state index is 9.88. The van der Waals surface area contributed by atoms with Crippen LogP contribution in [0.1, 0.15) is 24.4 Å². The molecule has 0 fully saturated rings. The number of aromatic amines is 1. The average molecular weight is 300 g/mol. The second kappa shape index (κ2) is 5.71. The van der Waals surface area contributed by atoms with Crippen LogP contribution in [0.25, 0.3) is 5.57 Å². The molecule has 0 amide bonds. The molecule has 1 aromatic carbocycles. The second-order valence-corrected chi connectivity index (χ2v) is 4.52. The number of aliphatic hydroxyl groups is 1. The zero-order chi connectivity index (χ0) is 15.5. The van der Waals surface area contributed by atoms with E-state index in [9.17, 15) is 5.11 Å². The third kappa shape index (κ3) is 2.55. The van der Waals surface area contributed by atoms with Crippen LogP contribution in [0.3, 0.4) is 0 Å². The van der Waals surface area contributed by atoms with E-state index in [1.165, 1.54) is 6.20 Å². The Hall–Kier alpha value is -3.12. The van der Waals surface area contributed by atoms with Gasteiger partial charge in [-0.2, -0.15) is 10.5 Å². The predicted octanol–water partition coefficient (Wildman–Crippen LogP) is 0.958. The lowest BCUT2D eigenvalue weighted by Gasteiger charge is -2.13. The SMILES string of the molecule is CC(O)c1cc2c(cc1NC=C(C#N)c1nn[nH]n1)OCO2. The fourth-order valence-electron chi connectivity index (χ4n) is 2.00. The van der Waals surface area contributed by atoms with Crippen molar-refractivity contribution in [3.63, 3.8) is 0 Å². The molecule has 2 aromatic rings. The van der Waals surface area contributed by atoms with Gasteiger partial charge in [-0.3, -0.25) is 0 Å². The van der Waals surface area contributed by atoms with E-state index < -0.39 is 6.10 Å². The van der Waals surface area contributed by atoms with Gasteiger partial charge in [-0.25, -0.2) is 0 Å². The van der Waals surface area contributed by atoms with Gasteiger partial charge in [0.1, 0.15) is 11.6 Å². The second-order valence-electron chi connectivity index (χ2n) is 4.52. The van der Waals surface area contributed by atoms with E-state index in [0.717, 1.165) is 0 Å². The molecule has 0 bridgehead atoms. The van der Waals surface area contributed by atoms with E-state index in [1.54, 1.807) is 19.1 Å². The van der Waals surface area contributed by atoms with Crippen LogP contribution in [0.15, 0.2) is 18.3 Å². The van der Waals surface area contributed by atoms with Crippen molar-refractivity contribution < 1.29 is 14.6 Å². The van der Waals surface area contributed by atoms with Crippen molar-refractivity contribution in [2.24, 2.45) is 0 Å². The minimum absolute atomic E-state index is 0.139. The fourth-order valence-corrected chi connectivity index (χ4v) is 2.00. The number of benzene rings is 1. The van der Waals surface area contributed by atoms with Crippen molar-refractivity contribution >= 4 is 11.3 Å². The Balaban J connectivity index is 1.93. The van der Waals surface area contributed by atoms with Gasteiger partial charge in [0.05, 0.1) is 6.10 Å². The summed E-state index contributed by atoms with van der Waals surface area (Å²) < 4.78 is 10.6. The van der Waals surface area contributed by atoms with Crippen LogP contribution in [-0.2, 0) is 0 Å². The molecule has 0 aliphatic carbocycles. The third-order valence-corrected chi connectivity index (χ3v) is 3.07. The first kappa shape index (κ1) is 13.8. The Bertz CT molecular complexity index is 748. The molecule has 1 aliphatic heterocycles. The third-order valence-electron chi connectivity index (χ3n) is 3.07. The predicted molar refractivity (Wildman–Crippen MR) is 74.6 cm³/mol. The summed E-state index contributed by atoms with van der Waals surface area (Å²) in [6.07, 6.45) is 0.718. The molecule has 1 unspecified atom stereocenters. The number of hydrogen-bond acceptors (Lipinski definition) is 8. The van der Waals surface area contributed by atoms with Gasteiger partial charge in [0.2, 0.25) is 12.6 Å². The van der Waals surface area contributed by atoms with Crippen LogP contribution >= 0.6 is 0 Å². The average Bonchev–Trinajstić information content (AvgIpc) is 3.17. The highest BCUT2D eigenvalue weighted by molar-refractivity contribution is 5.75. The number of rotatable bonds is 4. The Morgan fingerprint density at radius 3 is 2.91 bits per heavy atom. The zero-order valence-electron chi connectivity index (χ0n) is 11.6. The molecule has 1 atom stereocenters. The van der Waals surface area contributed by atoms with Gasteiger partial charge >= 0.3 is 0 Å². The van der Waals surface area contributed by atoms with Gasteiger partial charge in [0.25, 0.3) is 0 Å². The normalized spacial score (nSPS) is 14.5. The van der Waals surface area contributed by atoms with E-state index in [0.29, 0.717) is 22.7 Å². The van der Waals surface area contributed by atoms with Crippen molar-refractivity contribution in [3.05, 3.63) is 29.7 Å². The van der Waals surface area contributed by atoms with Gasteiger partial charge in [0.15, 0.2) is 11.5 Å². The number of nitrogens with zero attached hydrogens (tertiary/aromatic N) is 4. The quantitative estimate of drug-likeness (QED) is 0.712. The molecule has 3 rings (SSSR count). The molecule has 112 valence electrons. The summed E-state index contributed by atoms with van der Waals surface area (Å²) in [5.41, 5.74) is 1.41. The molecule has 0 spiro atoms. The van der Waals surface area contributed by atoms with Crippen LogP contribution < -0.4 is 14.8 Å². The number of nitrogens with one attached hydrogen (secondary N) is 2. The topological polar surface area (TPSA) is 129 Å². The first-order valence-corrected chi connectivity index (χ1v) is 6.41. The molecule has 22 heavy (non-hydrogen) atoms. The number of allylic oxidation sites excluding steroid dienone is 1. The lowest BCUT2D eigenvalue weighted by atomic mass is 10.1. The van der Waals surface area contributed by atoms with Crippen LogP contribution in [0, 0.1) is 11.3 Å². The zero-order valence-corrected chi connectivity index (χ0v) is 11.6. The van der Waals surface area contributed by atoms with Crippen LogP contribution in [0.2, 0.25) is 0 Å². The van der Waals surface area contributed by atoms with Gasteiger partial charge in [-0.1, -0.05) is 0 Å². The first-order chi connectivity index (χ1) is 10.7. The lowest BCUT2D eigenvalue weighted by molar-refractivity contribution is 0.173. The monoisotopic (exact) mass is 300 g/mol. The van der Waals surface area contributed by atoms with E-state index in [2.05, 4.69) is 25.9 Å². The molecular weight excluding hydrogens is 288 g/mol. The summed E-state index contributed by atoms with van der Waals surface area (Å²) in [6.45, 7) is 1.77. The molecule has 9 heteroatoms. The molecule has 1 aromatic heterocycles. The first-order valence-electron chi connectivity index (χ1n) is 6.41. The standard InChI is InChI=1S/C13H12N6O3/c1-7(20)9-2-11-12(22-6-21-11)3-10(9)15-5-8(4-14)13-16-18-19-17-13/h2-3,5,7,15,20H,6H2,1H3,(H,16,17,18,19). The van der Waals surface area contributed by atoms with Gasteiger partial charge < -0.3 is 19.9 Å². The summed E-state index contributed by atoms with van der Waals surface area (Å²) in [7, 11) is 0. The van der Waals surface area contributed by atoms with E-state index in [-0.39, 0.29) is 18.2 Å². The van der Waals surface area contributed by atoms with Crippen molar-refractivity contribution in [2.75, 3.05) is 12.1 Å². The number of nitriles is 1. The number of fused-ring (bicyclic) bond motifs is 1. The minimum Gasteiger partial charge on any atom is -0.454 e. The Morgan fingerprint density at radius 1 is 1.50 bits per heavy atom. The molecule has 0 radical (unpaired) electrons. The van der Waals surface area contributed by atoms with Crippen molar-refractivity contribution in [1.29, 1.82) is 5.26 Å². The maximum absolute atomic E-state index is 9.88. The van der Waals surface area contributed by atoms with Crippen LogP contribution in [-0.4, -0.2) is 32.5 Å². The number of anilines is 1. The van der Waals surface area contributed by atoms with E-state index in [4.69, 9.17) is 14.7 Å². The Kier molecular flexibility index (Phi) is 3.59. The summed E-state index contributed by atoms with van der Waals surface area (Å²) >= 11 is 0. The van der Waals surface area contributed by atoms with E-state index in [1.807, 2.05) is 6.07 Å². The molecule has 3 N–H and O–H groups in total. The number of aromatic nitrogens is 4. The largest absolute Gasteiger partial charge is 0.454 e. The van der Waals surface area contributed by atoms with Crippen molar-refractivity contribution in [3.8, 4) is 17.6 Å². The Labute approximate surface area is 125 Å². The van der Waals surface area contributed by atoms with Gasteiger partial charge in [0, 0.05) is 23.5 Å². The van der Waals surface area contributed by atoms with Crippen molar-refractivity contribution in [2.45, 2.75) is 13.0 Å². The summed E-state index contributed by atoms with van der Waals surface area (Å²) in [5, 5.41) is 35.1.